The van der Waals surface area contributed by atoms with Crippen LogP contribution in [0.2, 0.25) is 0 Å². The van der Waals surface area contributed by atoms with Gasteiger partial charge in [0.15, 0.2) is 0 Å². The van der Waals surface area contributed by atoms with Crippen molar-refractivity contribution in [3.63, 3.8) is 0 Å². The molecule has 0 atom stereocenters. The topological polar surface area (TPSA) is 26.0 Å². The lowest BCUT2D eigenvalue weighted by atomic mass is 10.6. The Bertz CT molecular complexity index is 84.2. The third-order valence-corrected chi connectivity index (χ3v) is 2.89. The quantitative estimate of drug-likeness (QED) is 0.481. The fourth-order valence-electron chi connectivity index (χ4n) is 0.218. The van der Waals surface area contributed by atoms with Crippen LogP contribution in [-0.4, -0.2) is 18.0 Å². The second kappa shape index (κ2) is 7.66. The van der Waals surface area contributed by atoms with Gasteiger partial charge < -0.3 is 5.73 Å². The highest BCUT2D eigenvalue weighted by Crippen LogP contribution is 2.20. The second-order valence-corrected chi connectivity index (χ2v) is 3.87. The van der Waals surface area contributed by atoms with Gasteiger partial charge in [0.1, 0.15) is 0 Å². The molecule has 0 saturated heterocycles. The van der Waals surface area contributed by atoms with Gasteiger partial charge in [-0.05, 0) is 6.42 Å². The summed E-state index contributed by atoms with van der Waals surface area (Å²) in [5.74, 6) is 1.44. The summed E-state index contributed by atoms with van der Waals surface area (Å²) in [6, 6.07) is 0. The molecule has 0 aromatic heterocycles. The molecule has 0 saturated carbocycles. The van der Waals surface area contributed by atoms with Gasteiger partial charge in [-0.1, -0.05) is 28.5 Å². The molecule has 0 aliphatic heterocycles. The van der Waals surface area contributed by atoms with E-state index in [2.05, 4.69) is 6.92 Å². The predicted octanol–water partition coefficient (Wildman–Crippen LogP) is 1.74. The largest absolute Gasteiger partial charge is 0.330 e. The Labute approximate surface area is 62.0 Å². The first-order chi connectivity index (χ1) is 4.56. The molecule has 0 rings (SSSR count). The van der Waals surface area contributed by atoms with Gasteiger partial charge in [0, 0.05) is 20.7 Å². The molecule has 0 radical (unpaired) electrons. The van der Waals surface area contributed by atoms with Gasteiger partial charge in [0.25, 0.3) is 0 Å². The lowest BCUT2D eigenvalue weighted by molar-refractivity contribution is 1.11. The Kier molecular flexibility index (Phi) is 5.21. The average Bonchev–Trinajstić information content (AvgIpc) is 1.78. The molecule has 1 nitrogen and oxygen atoms in total. The molecular weight excluding hydrogens is 138 g/mol. The molecule has 0 heterocycles. The maximum atomic E-state index is 6.98. The number of hydrogen-bond acceptors (Lipinski definition) is 3. The van der Waals surface area contributed by atoms with E-state index in [1.54, 1.807) is 10.8 Å². The first-order valence-corrected chi connectivity index (χ1v) is 5.08. The summed E-state index contributed by atoms with van der Waals surface area (Å²) in [6.45, 7) is 0.593. The van der Waals surface area contributed by atoms with E-state index in [1.165, 1.54) is 10.8 Å². The zero-order valence-corrected chi connectivity index (χ0v) is 6.65. The highest BCUT2D eigenvalue weighted by molar-refractivity contribution is 8.76. The van der Waals surface area contributed by atoms with E-state index >= 15 is 0 Å². The van der Waals surface area contributed by atoms with Gasteiger partial charge in [-0.2, -0.15) is 0 Å². The van der Waals surface area contributed by atoms with Crippen molar-refractivity contribution in [2.75, 3.05) is 18.0 Å². The number of nitrogens with two attached hydrogens (primary N) is 1. The highest BCUT2D eigenvalue weighted by Gasteiger charge is 1.83. The van der Waals surface area contributed by atoms with E-state index in [-0.39, 0.29) is 0 Å². The van der Waals surface area contributed by atoms with Gasteiger partial charge in [-0.15, -0.1) is 0 Å². The van der Waals surface area contributed by atoms with Crippen LogP contribution in [0.1, 0.15) is 16.1 Å². The van der Waals surface area contributed by atoms with Crippen molar-refractivity contribution in [2.45, 2.75) is 13.3 Å². The lowest BCUT2D eigenvalue weighted by Gasteiger charge is -1.93. The van der Waals surface area contributed by atoms with E-state index in [0.717, 1.165) is 12.2 Å². The van der Waals surface area contributed by atoms with Crippen molar-refractivity contribution in [1.82, 2.24) is 0 Å². The van der Waals surface area contributed by atoms with Crippen LogP contribution in [0.15, 0.2) is 0 Å². The van der Waals surface area contributed by atoms with Crippen LogP contribution >= 0.6 is 21.6 Å². The van der Waals surface area contributed by atoms with Gasteiger partial charge in [-0.3, -0.25) is 0 Å². The SMILES string of the molecule is [2H]C([2H])(N)CSSCCC. The van der Waals surface area contributed by atoms with E-state index in [1.807, 2.05) is 0 Å². The predicted molar refractivity (Wildman–Crippen MR) is 44.3 cm³/mol. The summed E-state index contributed by atoms with van der Waals surface area (Å²) in [6.07, 6.45) is 1.13. The van der Waals surface area contributed by atoms with E-state index < -0.39 is 6.50 Å². The van der Waals surface area contributed by atoms with Gasteiger partial charge in [-0.25, -0.2) is 0 Å². The molecule has 0 aromatic rings. The Balaban J connectivity index is 3.04. The molecule has 0 unspecified atom stereocenters. The fraction of sp³-hybridized carbons (Fsp3) is 1.00. The van der Waals surface area contributed by atoms with Crippen LogP contribution in [0.25, 0.3) is 0 Å². The summed E-state index contributed by atoms with van der Waals surface area (Å²) in [4.78, 5) is 0. The highest BCUT2D eigenvalue weighted by atomic mass is 33.1. The minimum absolute atomic E-state index is 0.373. The minimum Gasteiger partial charge on any atom is -0.330 e. The Morgan fingerprint density at radius 3 is 2.62 bits per heavy atom. The average molecular weight is 153 g/mol. The summed E-state index contributed by atoms with van der Waals surface area (Å²) in [5, 5.41) is 0. The van der Waals surface area contributed by atoms with Gasteiger partial charge in [0.05, 0.1) is 0 Å². The van der Waals surface area contributed by atoms with Crippen LogP contribution in [0.5, 0.6) is 0 Å². The van der Waals surface area contributed by atoms with Crippen molar-refractivity contribution in [3.8, 4) is 0 Å². The molecule has 0 bridgehead atoms. The van der Waals surface area contributed by atoms with Crippen LogP contribution in [0, 0.1) is 0 Å². The summed E-state index contributed by atoms with van der Waals surface area (Å²) in [5.41, 5.74) is 5.12. The van der Waals surface area contributed by atoms with E-state index in [9.17, 15) is 0 Å². The Morgan fingerprint density at radius 1 is 1.50 bits per heavy atom. The van der Waals surface area contributed by atoms with Crippen LogP contribution in [0.4, 0.5) is 0 Å². The maximum absolute atomic E-state index is 6.98. The van der Waals surface area contributed by atoms with Crippen LogP contribution < -0.4 is 5.73 Å². The van der Waals surface area contributed by atoms with Crippen molar-refractivity contribution >= 4 is 21.6 Å². The molecule has 0 aromatic carbocycles. The van der Waals surface area contributed by atoms with Gasteiger partial charge >= 0.3 is 0 Å². The van der Waals surface area contributed by atoms with Crippen LogP contribution in [-0.2, 0) is 0 Å². The zero-order chi connectivity index (χ0) is 8.04. The zero-order valence-electron chi connectivity index (χ0n) is 7.02. The Hall–Kier alpha value is 0.660. The van der Waals surface area contributed by atoms with Crippen molar-refractivity contribution in [2.24, 2.45) is 5.73 Å². The normalized spacial score (nSPS) is 15.2. The lowest BCUT2D eigenvalue weighted by Crippen LogP contribution is -1.99. The molecule has 0 amide bonds. The molecule has 50 valence electrons. The molecular formula is C5H13NS2. The number of hydrogen-bond donors (Lipinski definition) is 1. The van der Waals surface area contributed by atoms with Crippen molar-refractivity contribution in [1.29, 1.82) is 0 Å². The Morgan fingerprint density at radius 2 is 2.12 bits per heavy atom. The molecule has 8 heavy (non-hydrogen) atoms. The van der Waals surface area contributed by atoms with E-state index in [0.29, 0.717) is 5.75 Å². The smallest absolute Gasteiger partial charge is 0.0434 e. The summed E-state index contributed by atoms with van der Waals surface area (Å²) < 4.78 is 14.0. The summed E-state index contributed by atoms with van der Waals surface area (Å²) in [7, 11) is 3.18. The first-order valence-electron chi connectivity index (χ1n) is 3.59. The van der Waals surface area contributed by atoms with E-state index in [4.69, 9.17) is 8.48 Å². The minimum atomic E-state index is -1.51. The van der Waals surface area contributed by atoms with Crippen molar-refractivity contribution < 1.29 is 2.74 Å². The summed E-state index contributed by atoms with van der Waals surface area (Å²) >= 11 is 0. The molecule has 0 spiro atoms. The first kappa shape index (κ1) is 5.45. The van der Waals surface area contributed by atoms with Crippen LogP contribution in [0.3, 0.4) is 0 Å². The second-order valence-electron chi connectivity index (χ2n) is 1.29. The van der Waals surface area contributed by atoms with Gasteiger partial charge in [0.2, 0.25) is 0 Å². The fourth-order valence-corrected chi connectivity index (χ4v) is 1.96. The maximum Gasteiger partial charge on any atom is 0.0434 e. The molecule has 2 N–H and O–H groups in total. The molecule has 0 fully saturated rings. The molecule has 0 aliphatic rings. The van der Waals surface area contributed by atoms with Crippen molar-refractivity contribution in [3.05, 3.63) is 0 Å². The molecule has 0 aliphatic carbocycles. The number of rotatable bonds is 5. The third-order valence-electron chi connectivity index (χ3n) is 0.513. The standard InChI is InChI=1S/C5H13NS2/c1-2-4-7-8-5-3-6/h2-6H2,1H3/i3D2. The molecule has 3 heteroatoms. The third kappa shape index (κ3) is 6.66. The monoisotopic (exact) mass is 153 g/mol.